The van der Waals surface area contributed by atoms with E-state index in [9.17, 15) is 9.59 Å². The fourth-order valence-corrected chi connectivity index (χ4v) is 3.63. The number of nitrogens with zero attached hydrogens (tertiary/aromatic N) is 1. The predicted molar refractivity (Wildman–Crippen MR) is 117 cm³/mol. The fourth-order valence-electron chi connectivity index (χ4n) is 3.23. The minimum atomic E-state index is -0.359. The monoisotopic (exact) mass is 444 g/mol. The Morgan fingerprint density at radius 2 is 1.68 bits per heavy atom. The molecule has 0 aromatic heterocycles. The Morgan fingerprint density at radius 1 is 1.00 bits per heavy atom. The van der Waals surface area contributed by atoms with E-state index in [1.807, 2.05) is 50.2 Å². The average Bonchev–Trinajstić information content (AvgIpc) is 3.15. The molecule has 0 spiro atoms. The van der Waals surface area contributed by atoms with Crippen LogP contribution in [-0.4, -0.2) is 31.1 Å². The lowest BCUT2D eigenvalue weighted by Gasteiger charge is -2.22. The van der Waals surface area contributed by atoms with Crippen molar-refractivity contribution < 1.29 is 9.59 Å². The number of carbonyl (C=O) groups is 2. The highest BCUT2D eigenvalue weighted by Crippen LogP contribution is 2.28. The second-order valence-corrected chi connectivity index (χ2v) is 8.06. The Labute approximate surface area is 173 Å². The van der Waals surface area contributed by atoms with Crippen molar-refractivity contribution in [3.8, 4) is 0 Å². The topological polar surface area (TPSA) is 73.5 Å². The highest BCUT2D eigenvalue weighted by molar-refractivity contribution is 9.10. The van der Waals surface area contributed by atoms with E-state index in [2.05, 4.69) is 36.8 Å². The molecule has 148 valence electrons. The molecule has 3 N–H and O–H groups in total. The molecule has 3 rings (SSSR count). The van der Waals surface area contributed by atoms with Crippen molar-refractivity contribution in [2.45, 2.75) is 32.7 Å². The third-order valence-electron chi connectivity index (χ3n) is 4.45. The summed E-state index contributed by atoms with van der Waals surface area (Å²) in [5.41, 5.74) is 2.74. The molecule has 1 aliphatic heterocycles. The van der Waals surface area contributed by atoms with E-state index in [1.54, 1.807) is 6.07 Å². The molecular formula is C21H25BrN4O2. The minimum absolute atomic E-state index is 0.0374. The van der Waals surface area contributed by atoms with Crippen LogP contribution in [0.25, 0.3) is 0 Å². The number of halogens is 1. The summed E-state index contributed by atoms with van der Waals surface area (Å²) in [5, 5.41) is 8.55. The average molecular weight is 445 g/mol. The Hall–Kier alpha value is -2.54. The van der Waals surface area contributed by atoms with Crippen LogP contribution in [0, 0.1) is 0 Å². The van der Waals surface area contributed by atoms with Crippen LogP contribution in [0.15, 0.2) is 46.9 Å². The Kier molecular flexibility index (Phi) is 6.57. The summed E-state index contributed by atoms with van der Waals surface area (Å²) in [5.74, 6) is -0.132. The van der Waals surface area contributed by atoms with Crippen LogP contribution in [0.3, 0.4) is 0 Å². The van der Waals surface area contributed by atoms with Crippen molar-refractivity contribution in [2.75, 3.05) is 28.6 Å². The van der Waals surface area contributed by atoms with Gasteiger partial charge in [-0.15, -0.1) is 0 Å². The van der Waals surface area contributed by atoms with Crippen LogP contribution in [0.1, 0.15) is 37.0 Å². The van der Waals surface area contributed by atoms with Crippen LogP contribution in [0.2, 0.25) is 0 Å². The molecule has 7 heteroatoms. The maximum Gasteiger partial charge on any atom is 0.323 e. The van der Waals surface area contributed by atoms with Gasteiger partial charge in [0, 0.05) is 40.7 Å². The van der Waals surface area contributed by atoms with Gasteiger partial charge in [-0.25, -0.2) is 4.79 Å². The summed E-state index contributed by atoms with van der Waals surface area (Å²) in [7, 11) is 0. The van der Waals surface area contributed by atoms with Gasteiger partial charge in [-0.05, 0) is 63.1 Å². The van der Waals surface area contributed by atoms with Crippen molar-refractivity contribution in [3.05, 3.63) is 52.5 Å². The molecule has 3 amide bonds. The van der Waals surface area contributed by atoms with Gasteiger partial charge in [-0.2, -0.15) is 0 Å². The Balaban J connectivity index is 1.79. The maximum atomic E-state index is 12.7. The molecule has 0 saturated carbocycles. The van der Waals surface area contributed by atoms with Crippen LogP contribution in [0.5, 0.6) is 0 Å². The second-order valence-electron chi connectivity index (χ2n) is 7.14. The molecule has 2 aromatic rings. The predicted octanol–water partition coefficient (Wildman–Crippen LogP) is 4.83. The molecule has 2 aromatic carbocycles. The zero-order chi connectivity index (χ0) is 20.1. The van der Waals surface area contributed by atoms with Gasteiger partial charge in [-0.3, -0.25) is 4.79 Å². The van der Waals surface area contributed by atoms with Crippen molar-refractivity contribution in [3.63, 3.8) is 0 Å². The van der Waals surface area contributed by atoms with E-state index < -0.39 is 0 Å². The molecule has 6 nitrogen and oxygen atoms in total. The van der Waals surface area contributed by atoms with Gasteiger partial charge in [0.2, 0.25) is 0 Å². The molecule has 1 aliphatic rings. The van der Waals surface area contributed by atoms with Gasteiger partial charge in [0.15, 0.2) is 0 Å². The van der Waals surface area contributed by atoms with E-state index in [-0.39, 0.29) is 18.0 Å². The highest BCUT2D eigenvalue weighted by atomic mass is 79.9. The molecule has 0 atom stereocenters. The standard InChI is InChI=1S/C21H25BrN4O2/c1-14(2)23-20(27)18-13-17(8-9-19(18)26-10-3-4-11-26)25-21(28)24-16-7-5-6-15(22)12-16/h5-9,12-14H,3-4,10-11H2,1-2H3,(H,23,27)(H2,24,25,28). The number of rotatable bonds is 5. The first-order chi connectivity index (χ1) is 13.4. The van der Waals surface area contributed by atoms with Gasteiger partial charge < -0.3 is 20.9 Å². The quantitative estimate of drug-likeness (QED) is 0.617. The van der Waals surface area contributed by atoms with E-state index >= 15 is 0 Å². The van der Waals surface area contributed by atoms with E-state index in [0.29, 0.717) is 16.9 Å². The first kappa shape index (κ1) is 20.2. The van der Waals surface area contributed by atoms with Gasteiger partial charge in [0.25, 0.3) is 5.91 Å². The third kappa shape index (κ3) is 5.25. The third-order valence-corrected chi connectivity index (χ3v) is 4.94. The van der Waals surface area contributed by atoms with Crippen molar-refractivity contribution in [2.24, 2.45) is 0 Å². The van der Waals surface area contributed by atoms with Gasteiger partial charge in [0.05, 0.1) is 5.56 Å². The zero-order valence-electron chi connectivity index (χ0n) is 16.1. The summed E-state index contributed by atoms with van der Waals surface area (Å²) in [4.78, 5) is 27.3. The van der Waals surface area contributed by atoms with Crippen LogP contribution >= 0.6 is 15.9 Å². The fraction of sp³-hybridized carbons (Fsp3) is 0.333. The van der Waals surface area contributed by atoms with Crippen molar-refractivity contribution >= 4 is 44.9 Å². The first-order valence-corrected chi connectivity index (χ1v) is 10.2. The lowest BCUT2D eigenvalue weighted by Crippen LogP contribution is -2.32. The molecule has 0 bridgehead atoms. The number of urea groups is 1. The maximum absolute atomic E-state index is 12.7. The number of nitrogens with one attached hydrogen (secondary N) is 3. The number of hydrogen-bond donors (Lipinski definition) is 3. The summed E-state index contributed by atoms with van der Waals surface area (Å²) >= 11 is 3.38. The highest BCUT2D eigenvalue weighted by Gasteiger charge is 2.21. The van der Waals surface area contributed by atoms with Gasteiger partial charge in [0.1, 0.15) is 0 Å². The molecule has 1 fully saturated rings. The molecule has 1 heterocycles. The van der Waals surface area contributed by atoms with E-state index in [4.69, 9.17) is 0 Å². The Bertz CT molecular complexity index is 863. The molecule has 0 unspecified atom stereocenters. The van der Waals surface area contributed by atoms with Crippen LogP contribution in [-0.2, 0) is 0 Å². The van der Waals surface area contributed by atoms with E-state index in [1.165, 1.54) is 0 Å². The van der Waals surface area contributed by atoms with Crippen LogP contribution < -0.4 is 20.9 Å². The normalized spacial score (nSPS) is 13.5. The lowest BCUT2D eigenvalue weighted by atomic mass is 10.1. The summed E-state index contributed by atoms with van der Waals surface area (Å²) in [6.45, 7) is 5.75. The lowest BCUT2D eigenvalue weighted by molar-refractivity contribution is 0.0943. The molecular weight excluding hydrogens is 420 g/mol. The first-order valence-electron chi connectivity index (χ1n) is 9.46. The number of carbonyl (C=O) groups excluding carboxylic acids is 2. The van der Waals surface area contributed by atoms with Gasteiger partial charge >= 0.3 is 6.03 Å². The molecule has 0 radical (unpaired) electrons. The van der Waals surface area contributed by atoms with Gasteiger partial charge in [-0.1, -0.05) is 22.0 Å². The number of amides is 3. The van der Waals surface area contributed by atoms with Crippen molar-refractivity contribution in [1.29, 1.82) is 0 Å². The largest absolute Gasteiger partial charge is 0.371 e. The second kappa shape index (κ2) is 9.10. The summed E-state index contributed by atoms with van der Waals surface area (Å²) in [6.07, 6.45) is 2.25. The SMILES string of the molecule is CC(C)NC(=O)c1cc(NC(=O)Nc2cccc(Br)c2)ccc1N1CCCC1. The van der Waals surface area contributed by atoms with Crippen molar-refractivity contribution in [1.82, 2.24) is 5.32 Å². The minimum Gasteiger partial charge on any atom is -0.371 e. The number of benzene rings is 2. The van der Waals surface area contributed by atoms with E-state index in [0.717, 1.165) is 36.1 Å². The summed E-state index contributed by atoms with van der Waals surface area (Å²) < 4.78 is 0.882. The molecule has 28 heavy (non-hydrogen) atoms. The smallest absolute Gasteiger partial charge is 0.323 e. The molecule has 0 aliphatic carbocycles. The van der Waals surface area contributed by atoms with Crippen LogP contribution in [0.4, 0.5) is 21.9 Å². The molecule has 1 saturated heterocycles. The number of anilines is 3. The number of hydrogen-bond acceptors (Lipinski definition) is 3. The Morgan fingerprint density at radius 3 is 2.32 bits per heavy atom. The zero-order valence-corrected chi connectivity index (χ0v) is 17.7. The summed E-state index contributed by atoms with van der Waals surface area (Å²) in [6, 6.07) is 12.5.